The van der Waals surface area contributed by atoms with Crippen molar-refractivity contribution in [2.45, 2.75) is 53.3 Å². The lowest BCUT2D eigenvalue weighted by molar-refractivity contribution is -0.928. The minimum Gasteiger partial charge on any atom is -0.632 e. The zero-order valence-electron chi connectivity index (χ0n) is 17.6. The van der Waals surface area contributed by atoms with Crippen LogP contribution in [0.2, 0.25) is 0 Å². The van der Waals surface area contributed by atoms with Gasteiger partial charge < -0.3 is 19.9 Å². The molecular weight excluding hydrogens is 392 g/mol. The monoisotopic (exact) mass is 419 g/mol. The lowest BCUT2D eigenvalue weighted by Crippen LogP contribution is -2.38. The Morgan fingerprint density at radius 1 is 1.27 bits per heavy atom. The van der Waals surface area contributed by atoms with Crippen molar-refractivity contribution in [3.8, 4) is 5.75 Å². The first-order chi connectivity index (χ1) is 14.1. The van der Waals surface area contributed by atoms with Crippen LogP contribution in [0.3, 0.4) is 0 Å². The van der Waals surface area contributed by atoms with Crippen LogP contribution in [0.25, 0.3) is 0 Å². The molecule has 0 saturated carbocycles. The van der Waals surface area contributed by atoms with Gasteiger partial charge in [0.1, 0.15) is 37.3 Å². The number of carbonyl (C=O) groups excluding carboxylic acids is 1. The molecule has 1 N–H and O–H groups in total. The summed E-state index contributed by atoms with van der Waals surface area (Å²) in [5.41, 5.74) is 3.15. The number of alkyl halides is 2. The number of halogens is 2. The standard InChI is InChI=1S/C22H27F2N3O3/c1-13(2)22(28)26-21-18-11-27(29,10-17(18)7-8-25-21)15(4)16-5-6-19(14(3)9-16)30-12-20(23)24/h5-9,13,15,20H,10-12H2,1-4H3,(H,25,26,28). The summed E-state index contributed by atoms with van der Waals surface area (Å²) in [6.45, 7) is 7.02. The number of hydrogen-bond acceptors (Lipinski definition) is 4. The lowest BCUT2D eigenvalue weighted by Gasteiger charge is -2.44. The number of carbonyl (C=O) groups is 1. The number of hydrogen-bond donors (Lipinski definition) is 1. The second-order valence-electron chi connectivity index (χ2n) is 8.11. The molecule has 8 heteroatoms. The van der Waals surface area contributed by atoms with E-state index >= 15 is 0 Å². The fraction of sp³-hybridized carbons (Fsp3) is 0.455. The van der Waals surface area contributed by atoms with Gasteiger partial charge in [0.25, 0.3) is 6.43 Å². The van der Waals surface area contributed by atoms with Crippen LogP contribution in [0.5, 0.6) is 5.75 Å². The van der Waals surface area contributed by atoms with Gasteiger partial charge in [-0.3, -0.25) is 4.79 Å². The number of aromatic nitrogens is 1. The fourth-order valence-electron chi connectivity index (χ4n) is 3.63. The maximum Gasteiger partial charge on any atom is 0.272 e. The van der Waals surface area contributed by atoms with Crippen LogP contribution in [0.1, 0.15) is 49.1 Å². The highest BCUT2D eigenvalue weighted by Crippen LogP contribution is 2.41. The summed E-state index contributed by atoms with van der Waals surface area (Å²) in [6, 6.07) is 6.62. The van der Waals surface area contributed by atoms with E-state index in [0.717, 1.165) is 16.7 Å². The molecule has 0 spiro atoms. The second kappa shape index (κ2) is 8.65. The maximum absolute atomic E-state index is 13.7. The summed E-state index contributed by atoms with van der Waals surface area (Å²) >= 11 is 0. The van der Waals surface area contributed by atoms with Crippen molar-refractivity contribution in [1.29, 1.82) is 0 Å². The van der Waals surface area contributed by atoms with Crippen LogP contribution in [0.4, 0.5) is 14.6 Å². The SMILES string of the molecule is Cc1cc(C(C)[N+]2([O-])Cc3ccnc(NC(=O)C(C)C)c3C2)ccc1OCC(F)F. The van der Waals surface area contributed by atoms with E-state index in [-0.39, 0.29) is 24.9 Å². The largest absolute Gasteiger partial charge is 0.632 e. The van der Waals surface area contributed by atoms with Gasteiger partial charge in [-0.05, 0) is 43.7 Å². The van der Waals surface area contributed by atoms with Crippen LogP contribution < -0.4 is 10.1 Å². The molecule has 0 fully saturated rings. The normalized spacial score (nSPS) is 19.1. The molecule has 1 amide bonds. The predicted molar refractivity (Wildman–Crippen MR) is 110 cm³/mol. The van der Waals surface area contributed by atoms with Crippen molar-refractivity contribution in [3.05, 3.63) is 57.9 Å². The van der Waals surface area contributed by atoms with Gasteiger partial charge in [0.2, 0.25) is 5.91 Å². The number of pyridine rings is 1. The Morgan fingerprint density at radius 2 is 2.00 bits per heavy atom. The van der Waals surface area contributed by atoms with Crippen LogP contribution in [0, 0.1) is 18.0 Å². The number of amides is 1. The van der Waals surface area contributed by atoms with Gasteiger partial charge in [-0.2, -0.15) is 0 Å². The molecule has 162 valence electrons. The van der Waals surface area contributed by atoms with E-state index in [9.17, 15) is 18.8 Å². The van der Waals surface area contributed by atoms with E-state index in [1.807, 2.05) is 19.1 Å². The van der Waals surface area contributed by atoms with Gasteiger partial charge in [0.15, 0.2) is 0 Å². The molecule has 0 radical (unpaired) electrons. The number of hydroxylamine groups is 3. The zero-order chi connectivity index (χ0) is 22.1. The number of aryl methyl sites for hydroxylation is 1. The second-order valence-corrected chi connectivity index (χ2v) is 8.11. The smallest absolute Gasteiger partial charge is 0.272 e. The number of nitrogens with one attached hydrogen (secondary N) is 1. The molecule has 2 unspecified atom stereocenters. The van der Waals surface area contributed by atoms with Gasteiger partial charge in [0.05, 0.1) is 5.56 Å². The number of fused-ring (bicyclic) bond motifs is 1. The highest BCUT2D eigenvalue weighted by molar-refractivity contribution is 5.92. The molecule has 1 aromatic carbocycles. The Bertz CT molecular complexity index is 936. The number of anilines is 1. The predicted octanol–water partition coefficient (Wildman–Crippen LogP) is 4.72. The molecule has 0 bridgehead atoms. The highest BCUT2D eigenvalue weighted by atomic mass is 19.3. The van der Waals surface area contributed by atoms with E-state index in [0.29, 0.717) is 17.1 Å². The molecule has 2 atom stereocenters. The molecule has 6 nitrogen and oxygen atoms in total. The maximum atomic E-state index is 13.7. The molecular formula is C22H27F2N3O3. The molecule has 3 rings (SSSR count). The number of ether oxygens (including phenoxy) is 1. The molecule has 1 aliphatic rings. The van der Waals surface area contributed by atoms with Gasteiger partial charge in [-0.15, -0.1) is 0 Å². The third kappa shape index (κ3) is 4.60. The van der Waals surface area contributed by atoms with Crippen LogP contribution in [-0.4, -0.2) is 28.6 Å². The van der Waals surface area contributed by atoms with Crippen molar-refractivity contribution in [3.63, 3.8) is 0 Å². The molecule has 2 aromatic rings. The van der Waals surface area contributed by atoms with E-state index in [1.165, 1.54) is 0 Å². The first-order valence-corrected chi connectivity index (χ1v) is 9.97. The fourth-order valence-corrected chi connectivity index (χ4v) is 3.63. The van der Waals surface area contributed by atoms with Gasteiger partial charge in [0, 0.05) is 23.2 Å². The molecule has 1 aromatic heterocycles. The number of quaternary nitrogens is 1. The van der Waals surface area contributed by atoms with E-state index < -0.39 is 23.7 Å². The first-order valence-electron chi connectivity index (χ1n) is 9.97. The highest BCUT2D eigenvalue weighted by Gasteiger charge is 2.36. The Labute approximate surface area is 175 Å². The minimum atomic E-state index is -2.54. The first kappa shape index (κ1) is 22.1. The summed E-state index contributed by atoms with van der Waals surface area (Å²) in [5.74, 6) is 0.496. The van der Waals surface area contributed by atoms with E-state index in [1.54, 1.807) is 39.1 Å². The van der Waals surface area contributed by atoms with Gasteiger partial charge in [-0.25, -0.2) is 13.8 Å². The molecule has 0 saturated heterocycles. The summed E-state index contributed by atoms with van der Waals surface area (Å²) in [5, 5.41) is 16.5. The molecule has 2 heterocycles. The third-order valence-electron chi connectivity index (χ3n) is 5.53. The number of nitrogens with zero attached hydrogens (tertiary/aromatic N) is 2. The van der Waals surface area contributed by atoms with Crippen molar-refractivity contribution in [1.82, 2.24) is 4.98 Å². The van der Waals surface area contributed by atoms with Crippen molar-refractivity contribution in [2.24, 2.45) is 5.92 Å². The summed E-state index contributed by atoms with van der Waals surface area (Å²) in [7, 11) is 0. The third-order valence-corrected chi connectivity index (χ3v) is 5.53. The topological polar surface area (TPSA) is 74.3 Å². The van der Waals surface area contributed by atoms with Crippen molar-refractivity contribution < 1.29 is 23.0 Å². The molecule has 0 aliphatic carbocycles. The summed E-state index contributed by atoms with van der Waals surface area (Å²) in [6.07, 6.45) is -0.936. The van der Waals surface area contributed by atoms with Crippen molar-refractivity contribution in [2.75, 3.05) is 11.9 Å². The number of rotatable bonds is 7. The van der Waals surface area contributed by atoms with Gasteiger partial charge >= 0.3 is 0 Å². The van der Waals surface area contributed by atoms with Gasteiger partial charge in [-0.1, -0.05) is 13.8 Å². The average Bonchev–Trinajstić information content (AvgIpc) is 3.04. The van der Waals surface area contributed by atoms with Crippen molar-refractivity contribution >= 4 is 11.7 Å². The average molecular weight is 419 g/mol. The minimum absolute atomic E-state index is 0.144. The molecule has 30 heavy (non-hydrogen) atoms. The van der Waals surface area contributed by atoms with Crippen LogP contribution >= 0.6 is 0 Å². The lowest BCUT2D eigenvalue weighted by atomic mass is 10.0. The Morgan fingerprint density at radius 3 is 2.63 bits per heavy atom. The Balaban J connectivity index is 1.80. The molecule has 1 aliphatic heterocycles. The quantitative estimate of drug-likeness (QED) is 0.521. The summed E-state index contributed by atoms with van der Waals surface area (Å²) < 4.78 is 29.4. The summed E-state index contributed by atoms with van der Waals surface area (Å²) in [4.78, 5) is 16.4. The number of benzene rings is 1. The van der Waals surface area contributed by atoms with Crippen LogP contribution in [-0.2, 0) is 17.9 Å². The Kier molecular flexibility index (Phi) is 6.38. The van der Waals surface area contributed by atoms with E-state index in [4.69, 9.17) is 4.74 Å². The van der Waals surface area contributed by atoms with E-state index in [2.05, 4.69) is 10.3 Å². The van der Waals surface area contributed by atoms with Crippen LogP contribution in [0.15, 0.2) is 30.5 Å². The zero-order valence-corrected chi connectivity index (χ0v) is 17.6. The Hall–Kier alpha value is -2.58.